The lowest BCUT2D eigenvalue weighted by Gasteiger charge is -2.40. The highest BCUT2D eigenvalue weighted by atomic mass is 16.5. The third-order valence-corrected chi connectivity index (χ3v) is 4.61. The zero-order valence-corrected chi connectivity index (χ0v) is 15.6. The molecule has 0 aliphatic carbocycles. The van der Waals surface area contributed by atoms with E-state index in [0.717, 1.165) is 5.56 Å². The maximum absolute atomic E-state index is 12.4. The van der Waals surface area contributed by atoms with Crippen LogP contribution in [0.4, 0.5) is 11.6 Å². The van der Waals surface area contributed by atoms with Crippen molar-refractivity contribution in [2.45, 2.75) is 12.7 Å². The van der Waals surface area contributed by atoms with Gasteiger partial charge in [-0.2, -0.15) is 0 Å². The molecule has 1 aliphatic rings. The summed E-state index contributed by atoms with van der Waals surface area (Å²) in [6.07, 6.45) is 2.50. The molecule has 1 aliphatic heterocycles. The zero-order chi connectivity index (χ0) is 20.4. The van der Waals surface area contributed by atoms with Crippen LogP contribution in [-0.4, -0.2) is 44.9 Å². The summed E-state index contributed by atoms with van der Waals surface area (Å²) in [5.74, 6) is -1.17. The summed E-state index contributed by atoms with van der Waals surface area (Å²) in [6, 6.07) is 9.83. The molecule has 4 rings (SSSR count). The number of hydrogen-bond acceptors (Lipinski definition) is 8. The molecule has 10 nitrogen and oxygen atoms in total. The molecule has 1 fully saturated rings. The summed E-state index contributed by atoms with van der Waals surface area (Å²) in [6.45, 7) is 1.53. The molecule has 1 aromatic carbocycles. The van der Waals surface area contributed by atoms with Crippen molar-refractivity contribution in [1.29, 1.82) is 0 Å². The third-order valence-electron chi connectivity index (χ3n) is 4.61. The van der Waals surface area contributed by atoms with E-state index in [4.69, 9.17) is 4.74 Å². The second kappa shape index (κ2) is 7.76. The molecule has 0 bridgehead atoms. The molecule has 0 atom stereocenters. The van der Waals surface area contributed by atoms with Crippen LogP contribution in [0.1, 0.15) is 16.1 Å². The highest BCUT2D eigenvalue weighted by Crippen LogP contribution is 2.23. The monoisotopic (exact) mass is 397 g/mol. The van der Waals surface area contributed by atoms with Gasteiger partial charge in [-0.1, -0.05) is 35.5 Å². The van der Waals surface area contributed by atoms with Crippen molar-refractivity contribution in [3.05, 3.63) is 64.4 Å². The summed E-state index contributed by atoms with van der Waals surface area (Å²) < 4.78 is 11.7. The Hall–Kier alpha value is -3.66. The summed E-state index contributed by atoms with van der Waals surface area (Å²) in [5, 5.41) is 16.0. The summed E-state index contributed by atoms with van der Waals surface area (Å²) in [4.78, 5) is 30.8. The molecule has 1 saturated heterocycles. The molecule has 1 amide bonds. The van der Waals surface area contributed by atoms with Crippen LogP contribution < -0.4 is 15.8 Å². The Morgan fingerprint density at radius 2 is 2.10 bits per heavy atom. The van der Waals surface area contributed by atoms with E-state index in [1.165, 1.54) is 24.1 Å². The van der Waals surface area contributed by atoms with E-state index in [1.54, 1.807) is 0 Å². The Bertz CT molecular complexity index is 1060. The average Bonchev–Trinajstić information content (AvgIpc) is 3.20. The number of anilines is 2. The van der Waals surface area contributed by atoms with Crippen molar-refractivity contribution < 1.29 is 19.2 Å². The maximum Gasteiger partial charge on any atom is 0.297 e. The van der Waals surface area contributed by atoms with Crippen LogP contribution in [0.3, 0.4) is 0 Å². The molecule has 0 radical (unpaired) electrons. The van der Waals surface area contributed by atoms with E-state index in [1.807, 2.05) is 35.2 Å². The fourth-order valence-corrected chi connectivity index (χ4v) is 2.97. The maximum atomic E-state index is 12.4. The smallest absolute Gasteiger partial charge is 0.297 e. The van der Waals surface area contributed by atoms with E-state index in [0.29, 0.717) is 19.7 Å². The summed E-state index contributed by atoms with van der Waals surface area (Å²) in [5.41, 5.74) is 0.294. The second-order valence-corrected chi connectivity index (χ2v) is 6.66. The van der Waals surface area contributed by atoms with Crippen molar-refractivity contribution in [2.24, 2.45) is 7.05 Å². The van der Waals surface area contributed by atoms with Crippen LogP contribution in [0.25, 0.3) is 0 Å². The Morgan fingerprint density at radius 1 is 1.34 bits per heavy atom. The lowest BCUT2D eigenvalue weighted by Crippen LogP contribution is -2.54. The molecule has 10 heteroatoms. The number of nitrogens with zero attached hydrogens (tertiary/aromatic N) is 4. The molecule has 0 unspecified atom stereocenters. The molecule has 2 aromatic heterocycles. The molecule has 3 aromatic rings. The fraction of sp³-hybridized carbons (Fsp3) is 0.263. The second-order valence-electron chi connectivity index (χ2n) is 6.66. The van der Waals surface area contributed by atoms with Crippen LogP contribution in [0.2, 0.25) is 0 Å². The van der Waals surface area contributed by atoms with Gasteiger partial charge >= 0.3 is 0 Å². The number of carbonyl (C=O) groups excluding carboxylic acids is 1. The predicted octanol–water partition coefficient (Wildman–Crippen LogP) is 1.13. The van der Waals surface area contributed by atoms with Crippen LogP contribution in [0.5, 0.6) is 5.75 Å². The van der Waals surface area contributed by atoms with E-state index in [-0.39, 0.29) is 23.4 Å². The van der Waals surface area contributed by atoms with E-state index in [9.17, 15) is 14.7 Å². The first-order valence-corrected chi connectivity index (χ1v) is 8.94. The van der Waals surface area contributed by atoms with Gasteiger partial charge in [-0.3, -0.25) is 14.2 Å². The first-order chi connectivity index (χ1) is 14.0. The first-order valence-electron chi connectivity index (χ1n) is 8.94. The van der Waals surface area contributed by atoms with Gasteiger partial charge in [0.1, 0.15) is 12.0 Å². The Morgan fingerprint density at radius 3 is 2.79 bits per heavy atom. The molecular weight excluding hydrogens is 378 g/mol. The Kier molecular flexibility index (Phi) is 5.00. The summed E-state index contributed by atoms with van der Waals surface area (Å²) in [7, 11) is 1.49. The van der Waals surface area contributed by atoms with Crippen molar-refractivity contribution in [3.8, 4) is 5.75 Å². The van der Waals surface area contributed by atoms with Gasteiger partial charge in [-0.05, 0) is 5.56 Å². The molecular formula is C19H19N5O5. The van der Waals surface area contributed by atoms with E-state index < -0.39 is 17.2 Å². The molecule has 3 heterocycles. The lowest BCUT2D eigenvalue weighted by atomic mass is 10.1. The molecule has 0 saturated carbocycles. The van der Waals surface area contributed by atoms with Crippen LogP contribution >= 0.6 is 0 Å². The topological polar surface area (TPSA) is 123 Å². The van der Waals surface area contributed by atoms with Gasteiger partial charge < -0.3 is 24.6 Å². The van der Waals surface area contributed by atoms with Crippen molar-refractivity contribution in [3.63, 3.8) is 0 Å². The van der Waals surface area contributed by atoms with Gasteiger partial charge in [0.05, 0.1) is 18.9 Å². The van der Waals surface area contributed by atoms with E-state index >= 15 is 0 Å². The standard InChI is InChI=1S/C19H19N5O5/c1-23-18(27)16(25)15(17(26)21-13-7-20-29-11-13)22-19(23)24-8-14(9-24)28-10-12-5-3-2-4-6-12/h2-7,11,14,25H,8-10H2,1H3,(H,21,26). The van der Waals surface area contributed by atoms with Crippen molar-refractivity contribution >= 4 is 17.5 Å². The van der Waals surface area contributed by atoms with Crippen molar-refractivity contribution in [1.82, 2.24) is 14.7 Å². The quantitative estimate of drug-likeness (QED) is 0.635. The lowest BCUT2D eigenvalue weighted by molar-refractivity contribution is 0.0214. The number of aromatic nitrogens is 3. The normalized spacial score (nSPS) is 13.9. The van der Waals surface area contributed by atoms with Gasteiger partial charge in [0.25, 0.3) is 11.5 Å². The molecule has 2 N–H and O–H groups in total. The number of aromatic hydroxyl groups is 1. The highest BCUT2D eigenvalue weighted by molar-refractivity contribution is 6.04. The third kappa shape index (κ3) is 3.83. The number of rotatable bonds is 6. The molecule has 0 spiro atoms. The predicted molar refractivity (Wildman–Crippen MR) is 103 cm³/mol. The van der Waals surface area contributed by atoms with Gasteiger partial charge in [0.2, 0.25) is 11.7 Å². The number of benzene rings is 1. The van der Waals surface area contributed by atoms with Crippen LogP contribution in [-0.2, 0) is 18.4 Å². The minimum absolute atomic E-state index is 0.0183. The Labute approximate surface area is 165 Å². The van der Waals surface area contributed by atoms with E-state index in [2.05, 4.69) is 20.0 Å². The number of carbonyl (C=O) groups is 1. The minimum Gasteiger partial charge on any atom is -0.501 e. The fourth-order valence-electron chi connectivity index (χ4n) is 2.97. The van der Waals surface area contributed by atoms with Gasteiger partial charge in [0.15, 0.2) is 5.69 Å². The number of nitrogens with one attached hydrogen (secondary N) is 1. The number of hydrogen-bond donors (Lipinski definition) is 2. The highest BCUT2D eigenvalue weighted by Gasteiger charge is 2.32. The average molecular weight is 397 g/mol. The number of amides is 1. The SMILES string of the molecule is Cn1c(N2CC(OCc3ccccc3)C2)nc(C(=O)Nc2cnoc2)c(O)c1=O. The van der Waals surface area contributed by atoms with Crippen LogP contribution in [0, 0.1) is 0 Å². The van der Waals surface area contributed by atoms with Gasteiger partial charge in [-0.15, -0.1) is 0 Å². The zero-order valence-electron chi connectivity index (χ0n) is 15.6. The summed E-state index contributed by atoms with van der Waals surface area (Å²) >= 11 is 0. The molecule has 150 valence electrons. The van der Waals surface area contributed by atoms with Gasteiger partial charge in [-0.25, -0.2) is 4.98 Å². The Balaban J connectivity index is 1.46. The minimum atomic E-state index is -0.734. The molecule has 29 heavy (non-hydrogen) atoms. The van der Waals surface area contributed by atoms with Crippen LogP contribution in [0.15, 0.2) is 52.1 Å². The van der Waals surface area contributed by atoms with Crippen molar-refractivity contribution in [2.75, 3.05) is 23.3 Å². The van der Waals surface area contributed by atoms with Gasteiger partial charge in [0, 0.05) is 20.1 Å². The first kappa shape index (κ1) is 18.7. The largest absolute Gasteiger partial charge is 0.501 e. The number of ether oxygens (including phenoxy) is 1.